The number of aliphatic imine (C=N–C) groups is 1. The summed E-state index contributed by atoms with van der Waals surface area (Å²) in [6.07, 6.45) is 4.90. The molecule has 1 aliphatic carbocycles. The Bertz CT molecular complexity index is 670. The van der Waals surface area contributed by atoms with E-state index in [-0.39, 0.29) is 6.04 Å². The van der Waals surface area contributed by atoms with E-state index in [1.807, 2.05) is 12.1 Å². The van der Waals surface area contributed by atoms with Gasteiger partial charge < -0.3 is 24.8 Å². The molecule has 0 spiro atoms. The molecule has 3 rings (SSSR count). The van der Waals surface area contributed by atoms with Crippen molar-refractivity contribution in [1.29, 1.82) is 0 Å². The van der Waals surface area contributed by atoms with Crippen LogP contribution in [0.5, 0.6) is 5.75 Å². The van der Waals surface area contributed by atoms with Gasteiger partial charge in [0.25, 0.3) is 0 Å². The van der Waals surface area contributed by atoms with Crippen LogP contribution in [0.4, 0.5) is 0 Å². The quantitative estimate of drug-likeness (QED) is 0.414. The lowest BCUT2D eigenvalue weighted by molar-refractivity contribution is 0.0169. The largest absolute Gasteiger partial charge is 0.497 e. The van der Waals surface area contributed by atoms with Gasteiger partial charge in [0.1, 0.15) is 5.75 Å². The van der Waals surface area contributed by atoms with E-state index in [2.05, 4.69) is 34.6 Å². The van der Waals surface area contributed by atoms with Crippen LogP contribution in [0.3, 0.4) is 0 Å². The average molecular weight is 433 g/mol. The van der Waals surface area contributed by atoms with E-state index in [0.717, 1.165) is 70.7 Å². The average Bonchev–Trinajstić information content (AvgIpc) is 2.79. The van der Waals surface area contributed by atoms with Crippen molar-refractivity contribution in [1.82, 2.24) is 15.5 Å². The Kier molecular flexibility index (Phi) is 9.43. The third-order valence-corrected chi connectivity index (χ3v) is 6.62. The third kappa shape index (κ3) is 6.82. The molecule has 1 atom stereocenters. The summed E-state index contributed by atoms with van der Waals surface area (Å²) < 4.78 is 16.3. The number of hydrogen-bond donors (Lipinski definition) is 2. The number of rotatable bonds is 11. The van der Waals surface area contributed by atoms with Gasteiger partial charge >= 0.3 is 0 Å². The Morgan fingerprint density at radius 2 is 1.90 bits per heavy atom. The second-order valence-electron chi connectivity index (χ2n) is 8.61. The first kappa shape index (κ1) is 23.8. The molecular formula is C24H40N4O3. The lowest BCUT2D eigenvalue weighted by Crippen LogP contribution is -2.46. The molecule has 1 aliphatic heterocycles. The Morgan fingerprint density at radius 1 is 1.16 bits per heavy atom. The van der Waals surface area contributed by atoms with E-state index in [9.17, 15) is 0 Å². The maximum Gasteiger partial charge on any atom is 0.191 e. The normalized spacial score (nSPS) is 20.0. The number of ether oxygens (including phenoxy) is 3. The van der Waals surface area contributed by atoms with E-state index in [1.165, 1.54) is 24.8 Å². The second-order valence-corrected chi connectivity index (χ2v) is 8.61. The molecule has 2 aliphatic rings. The van der Waals surface area contributed by atoms with Crippen molar-refractivity contribution in [2.75, 3.05) is 66.8 Å². The Labute approximate surface area is 187 Å². The van der Waals surface area contributed by atoms with Gasteiger partial charge in [-0.3, -0.25) is 9.89 Å². The summed E-state index contributed by atoms with van der Waals surface area (Å²) in [6.45, 7) is 8.87. The van der Waals surface area contributed by atoms with Crippen LogP contribution in [0.15, 0.2) is 29.3 Å². The summed E-state index contributed by atoms with van der Waals surface area (Å²) in [5.74, 6) is 1.78. The molecule has 0 aromatic heterocycles. The van der Waals surface area contributed by atoms with Crippen LogP contribution in [0.2, 0.25) is 0 Å². The molecule has 0 amide bonds. The van der Waals surface area contributed by atoms with Crippen LogP contribution in [-0.2, 0) is 9.47 Å². The Hall–Kier alpha value is -1.83. The van der Waals surface area contributed by atoms with Gasteiger partial charge in [-0.2, -0.15) is 0 Å². The van der Waals surface area contributed by atoms with E-state index < -0.39 is 0 Å². The summed E-state index contributed by atoms with van der Waals surface area (Å²) >= 11 is 0. The molecule has 0 radical (unpaired) electrons. The highest BCUT2D eigenvalue weighted by atomic mass is 16.5. The van der Waals surface area contributed by atoms with E-state index in [4.69, 9.17) is 19.2 Å². The number of methoxy groups -OCH3 is 2. The minimum atomic E-state index is 0.254. The van der Waals surface area contributed by atoms with Crippen LogP contribution in [0, 0.1) is 5.41 Å². The summed E-state index contributed by atoms with van der Waals surface area (Å²) in [5.41, 5.74) is 1.60. The molecular weight excluding hydrogens is 392 g/mol. The van der Waals surface area contributed by atoms with Crippen molar-refractivity contribution in [2.24, 2.45) is 10.4 Å². The topological polar surface area (TPSA) is 67.4 Å². The summed E-state index contributed by atoms with van der Waals surface area (Å²) in [7, 11) is 3.49. The van der Waals surface area contributed by atoms with Gasteiger partial charge in [0.05, 0.1) is 26.4 Å². The van der Waals surface area contributed by atoms with Crippen molar-refractivity contribution >= 4 is 5.96 Å². The van der Waals surface area contributed by atoms with E-state index >= 15 is 0 Å². The second kappa shape index (κ2) is 12.3. The molecule has 1 aromatic carbocycles. The zero-order chi connectivity index (χ0) is 21.9. The highest BCUT2D eigenvalue weighted by Gasteiger charge is 2.36. The summed E-state index contributed by atoms with van der Waals surface area (Å²) in [4.78, 5) is 7.47. The van der Waals surface area contributed by atoms with Gasteiger partial charge in [-0.25, -0.2) is 0 Å². The maximum absolute atomic E-state index is 5.59. The Morgan fingerprint density at radius 3 is 2.48 bits per heavy atom. The van der Waals surface area contributed by atoms with Crippen molar-refractivity contribution in [2.45, 2.75) is 38.6 Å². The standard InChI is InChI=1S/C24H40N4O3/c1-4-25-23(27-19-24(10-5-11-24)12-15-29-2)26-18-22(28-13-16-31-17-14-28)20-6-8-21(30-3)9-7-20/h6-9,22H,4-5,10-19H2,1-3H3,(H2,25,26,27). The van der Waals surface area contributed by atoms with Crippen LogP contribution < -0.4 is 15.4 Å². The summed E-state index contributed by atoms with van der Waals surface area (Å²) in [6, 6.07) is 8.67. The van der Waals surface area contributed by atoms with Gasteiger partial charge in [0.2, 0.25) is 0 Å². The Balaban J connectivity index is 1.67. The van der Waals surface area contributed by atoms with Gasteiger partial charge in [0, 0.05) is 46.4 Å². The number of guanidine groups is 1. The molecule has 1 saturated heterocycles. The highest BCUT2D eigenvalue weighted by molar-refractivity contribution is 5.79. The first-order valence-electron chi connectivity index (χ1n) is 11.7. The van der Waals surface area contributed by atoms with Crippen LogP contribution in [0.25, 0.3) is 0 Å². The molecule has 2 N–H and O–H groups in total. The van der Waals surface area contributed by atoms with E-state index in [1.54, 1.807) is 14.2 Å². The minimum Gasteiger partial charge on any atom is -0.497 e. The fraction of sp³-hybridized carbons (Fsp3) is 0.708. The van der Waals surface area contributed by atoms with Gasteiger partial charge in [-0.15, -0.1) is 0 Å². The lowest BCUT2D eigenvalue weighted by Gasteiger charge is -2.41. The SMILES string of the molecule is CCNC(=NCC1(CCOC)CCC1)NCC(c1ccc(OC)cc1)N1CCOCC1. The van der Waals surface area contributed by atoms with Crippen LogP contribution in [0.1, 0.15) is 44.2 Å². The number of nitrogens with zero attached hydrogens (tertiary/aromatic N) is 2. The van der Waals surface area contributed by atoms with Crippen LogP contribution >= 0.6 is 0 Å². The fourth-order valence-corrected chi connectivity index (χ4v) is 4.44. The summed E-state index contributed by atoms with van der Waals surface area (Å²) in [5, 5.41) is 7.05. The number of morpholine rings is 1. The molecule has 1 saturated carbocycles. The van der Waals surface area contributed by atoms with Gasteiger partial charge in [-0.05, 0) is 49.3 Å². The first-order valence-corrected chi connectivity index (χ1v) is 11.7. The van der Waals surface area contributed by atoms with Gasteiger partial charge in [0.15, 0.2) is 5.96 Å². The van der Waals surface area contributed by atoms with Crippen molar-refractivity contribution in [3.05, 3.63) is 29.8 Å². The molecule has 7 heteroatoms. The molecule has 7 nitrogen and oxygen atoms in total. The minimum absolute atomic E-state index is 0.254. The van der Waals surface area contributed by atoms with Crippen molar-refractivity contribution in [3.63, 3.8) is 0 Å². The monoisotopic (exact) mass is 432 g/mol. The molecule has 174 valence electrons. The molecule has 1 aromatic rings. The predicted molar refractivity (Wildman–Crippen MR) is 125 cm³/mol. The molecule has 2 fully saturated rings. The number of benzene rings is 1. The van der Waals surface area contributed by atoms with Crippen LogP contribution in [-0.4, -0.2) is 77.6 Å². The van der Waals surface area contributed by atoms with Crippen molar-refractivity contribution < 1.29 is 14.2 Å². The highest BCUT2D eigenvalue weighted by Crippen LogP contribution is 2.44. The van der Waals surface area contributed by atoms with E-state index in [0.29, 0.717) is 5.41 Å². The first-order chi connectivity index (χ1) is 15.2. The predicted octanol–water partition coefficient (Wildman–Crippen LogP) is 2.83. The molecule has 31 heavy (non-hydrogen) atoms. The third-order valence-electron chi connectivity index (χ3n) is 6.62. The fourth-order valence-electron chi connectivity index (χ4n) is 4.44. The maximum atomic E-state index is 5.59. The lowest BCUT2D eigenvalue weighted by atomic mass is 9.67. The number of hydrogen-bond acceptors (Lipinski definition) is 5. The molecule has 1 unspecified atom stereocenters. The smallest absolute Gasteiger partial charge is 0.191 e. The zero-order valence-electron chi connectivity index (χ0n) is 19.5. The zero-order valence-corrected chi connectivity index (χ0v) is 19.5. The molecule has 1 heterocycles. The number of nitrogens with one attached hydrogen (secondary N) is 2. The van der Waals surface area contributed by atoms with Crippen molar-refractivity contribution in [3.8, 4) is 5.75 Å². The van der Waals surface area contributed by atoms with Gasteiger partial charge in [-0.1, -0.05) is 18.6 Å². The molecule has 0 bridgehead atoms.